The summed E-state index contributed by atoms with van der Waals surface area (Å²) < 4.78 is 5.47. The fourth-order valence-corrected chi connectivity index (χ4v) is 2.47. The Kier molecular flexibility index (Phi) is 3.20. The van der Waals surface area contributed by atoms with Crippen molar-refractivity contribution < 1.29 is 4.74 Å². The quantitative estimate of drug-likeness (QED) is 0.758. The van der Waals surface area contributed by atoms with Crippen LogP contribution in [0.15, 0.2) is 24.3 Å². The largest absolute Gasteiger partial charge is 0.381 e. The summed E-state index contributed by atoms with van der Waals surface area (Å²) in [5.74, 6) is 0. The van der Waals surface area contributed by atoms with E-state index in [9.17, 15) is 0 Å². The molecule has 1 aliphatic rings. The monoisotopic (exact) mass is 219 g/mol. The molecule has 2 heteroatoms. The van der Waals surface area contributed by atoms with Gasteiger partial charge in [0.1, 0.15) is 0 Å². The normalized spacial score (nSPS) is 19.4. The predicted octanol–water partition coefficient (Wildman–Crippen LogP) is 2.82. The van der Waals surface area contributed by atoms with E-state index in [0.29, 0.717) is 0 Å². The van der Waals surface area contributed by atoms with Crippen LogP contribution in [0.5, 0.6) is 0 Å². The summed E-state index contributed by atoms with van der Waals surface area (Å²) in [6.45, 7) is 4.13. The van der Waals surface area contributed by atoms with Crippen LogP contribution in [0.4, 0.5) is 5.69 Å². The Morgan fingerprint density at radius 2 is 1.75 bits per heavy atom. The Bertz CT molecular complexity index is 354. The molecule has 0 unspecified atom stereocenters. The Morgan fingerprint density at radius 1 is 1.12 bits per heavy atom. The third-order valence-electron chi connectivity index (χ3n) is 3.63. The van der Waals surface area contributed by atoms with Crippen molar-refractivity contribution in [2.24, 2.45) is 0 Å². The van der Waals surface area contributed by atoms with E-state index in [2.05, 4.69) is 50.2 Å². The zero-order valence-electron chi connectivity index (χ0n) is 10.5. The van der Waals surface area contributed by atoms with E-state index in [0.717, 1.165) is 26.1 Å². The van der Waals surface area contributed by atoms with Gasteiger partial charge in [0.25, 0.3) is 0 Å². The molecule has 0 amide bonds. The van der Waals surface area contributed by atoms with Crippen molar-refractivity contribution in [2.45, 2.75) is 25.2 Å². The van der Waals surface area contributed by atoms with E-state index in [1.54, 1.807) is 0 Å². The van der Waals surface area contributed by atoms with Gasteiger partial charge in [0.15, 0.2) is 0 Å². The SMILES string of the molecule is CN(C)c1ccccc1C1(C)CCOCC1. The molecule has 16 heavy (non-hydrogen) atoms. The van der Waals surface area contributed by atoms with Gasteiger partial charge in [-0.2, -0.15) is 0 Å². The molecule has 2 rings (SSSR count). The highest BCUT2D eigenvalue weighted by atomic mass is 16.5. The summed E-state index contributed by atoms with van der Waals surface area (Å²) in [6, 6.07) is 8.72. The Morgan fingerprint density at radius 3 is 2.38 bits per heavy atom. The summed E-state index contributed by atoms with van der Waals surface area (Å²) in [6.07, 6.45) is 2.25. The minimum absolute atomic E-state index is 0.277. The molecule has 0 aliphatic carbocycles. The molecule has 0 N–H and O–H groups in total. The topological polar surface area (TPSA) is 12.5 Å². The van der Waals surface area contributed by atoms with E-state index in [4.69, 9.17) is 4.74 Å². The van der Waals surface area contributed by atoms with Gasteiger partial charge in [-0.05, 0) is 29.9 Å². The van der Waals surface area contributed by atoms with Gasteiger partial charge < -0.3 is 9.64 Å². The lowest BCUT2D eigenvalue weighted by Gasteiger charge is -2.36. The summed E-state index contributed by atoms with van der Waals surface area (Å²) >= 11 is 0. The molecular formula is C14H21NO. The molecule has 0 bridgehead atoms. The first-order valence-electron chi connectivity index (χ1n) is 5.98. The lowest BCUT2D eigenvalue weighted by Crippen LogP contribution is -2.32. The summed E-state index contributed by atoms with van der Waals surface area (Å²) in [5, 5.41) is 0. The molecule has 88 valence electrons. The highest BCUT2D eigenvalue weighted by molar-refractivity contribution is 5.55. The van der Waals surface area contributed by atoms with Gasteiger partial charge in [-0.1, -0.05) is 25.1 Å². The second kappa shape index (κ2) is 4.46. The zero-order valence-corrected chi connectivity index (χ0v) is 10.5. The zero-order chi connectivity index (χ0) is 11.6. The van der Waals surface area contributed by atoms with Crippen LogP contribution in [0.3, 0.4) is 0 Å². The van der Waals surface area contributed by atoms with Gasteiger partial charge in [0.2, 0.25) is 0 Å². The van der Waals surface area contributed by atoms with Crippen LogP contribution in [0.2, 0.25) is 0 Å². The third-order valence-corrected chi connectivity index (χ3v) is 3.63. The Balaban J connectivity index is 2.38. The number of nitrogens with zero attached hydrogens (tertiary/aromatic N) is 1. The van der Waals surface area contributed by atoms with Crippen LogP contribution in [0.25, 0.3) is 0 Å². The number of rotatable bonds is 2. The van der Waals surface area contributed by atoms with Crippen molar-refractivity contribution in [1.82, 2.24) is 0 Å². The minimum Gasteiger partial charge on any atom is -0.381 e. The van der Waals surface area contributed by atoms with Gasteiger partial charge in [0.05, 0.1) is 0 Å². The highest BCUT2D eigenvalue weighted by Gasteiger charge is 2.31. The van der Waals surface area contributed by atoms with Crippen molar-refractivity contribution in [3.05, 3.63) is 29.8 Å². The molecule has 1 saturated heterocycles. The van der Waals surface area contributed by atoms with Gasteiger partial charge in [-0.15, -0.1) is 0 Å². The Labute approximate surface area is 98.2 Å². The van der Waals surface area contributed by atoms with E-state index in [-0.39, 0.29) is 5.41 Å². The first-order valence-corrected chi connectivity index (χ1v) is 5.98. The molecular weight excluding hydrogens is 198 g/mol. The molecule has 0 radical (unpaired) electrons. The summed E-state index contributed by atoms with van der Waals surface area (Å²) in [7, 11) is 4.23. The number of ether oxygens (including phenoxy) is 1. The molecule has 2 nitrogen and oxygen atoms in total. The fourth-order valence-electron chi connectivity index (χ4n) is 2.47. The molecule has 1 aliphatic heterocycles. The van der Waals surface area contributed by atoms with Gasteiger partial charge in [-0.25, -0.2) is 0 Å². The maximum atomic E-state index is 5.47. The van der Waals surface area contributed by atoms with Crippen molar-refractivity contribution in [3.8, 4) is 0 Å². The second-order valence-electron chi connectivity index (χ2n) is 5.08. The average Bonchev–Trinajstić information content (AvgIpc) is 2.30. The number of hydrogen-bond donors (Lipinski definition) is 0. The third kappa shape index (κ3) is 2.07. The molecule has 1 aromatic carbocycles. The van der Waals surface area contributed by atoms with Gasteiger partial charge in [-0.3, -0.25) is 0 Å². The lowest BCUT2D eigenvalue weighted by atomic mass is 9.75. The van der Waals surface area contributed by atoms with Crippen LogP contribution in [-0.2, 0) is 10.2 Å². The highest BCUT2D eigenvalue weighted by Crippen LogP contribution is 2.38. The maximum Gasteiger partial charge on any atom is 0.0474 e. The van der Waals surface area contributed by atoms with Crippen LogP contribution in [0.1, 0.15) is 25.3 Å². The van der Waals surface area contributed by atoms with Crippen molar-refractivity contribution in [2.75, 3.05) is 32.2 Å². The Hall–Kier alpha value is -1.02. The molecule has 1 fully saturated rings. The van der Waals surface area contributed by atoms with E-state index < -0.39 is 0 Å². The van der Waals surface area contributed by atoms with Crippen LogP contribution >= 0.6 is 0 Å². The van der Waals surface area contributed by atoms with Crippen LogP contribution < -0.4 is 4.90 Å². The standard InChI is InChI=1S/C14H21NO/c1-14(8-10-16-11-9-14)12-6-4-5-7-13(12)15(2)3/h4-7H,8-11H2,1-3H3. The molecule has 0 saturated carbocycles. The summed E-state index contributed by atoms with van der Waals surface area (Å²) in [4.78, 5) is 2.20. The second-order valence-corrected chi connectivity index (χ2v) is 5.08. The summed E-state index contributed by atoms with van der Waals surface area (Å²) in [5.41, 5.74) is 3.08. The lowest BCUT2D eigenvalue weighted by molar-refractivity contribution is 0.0566. The minimum atomic E-state index is 0.277. The molecule has 1 aromatic rings. The molecule has 1 heterocycles. The van der Waals surface area contributed by atoms with E-state index >= 15 is 0 Å². The first kappa shape index (κ1) is 11.5. The number of anilines is 1. The fraction of sp³-hybridized carbons (Fsp3) is 0.571. The first-order chi connectivity index (χ1) is 7.63. The maximum absolute atomic E-state index is 5.47. The predicted molar refractivity (Wildman–Crippen MR) is 68.2 cm³/mol. The number of hydrogen-bond acceptors (Lipinski definition) is 2. The van der Waals surface area contributed by atoms with Crippen LogP contribution in [-0.4, -0.2) is 27.3 Å². The molecule has 0 aromatic heterocycles. The number of benzene rings is 1. The van der Waals surface area contributed by atoms with E-state index in [1.807, 2.05) is 0 Å². The van der Waals surface area contributed by atoms with Crippen molar-refractivity contribution in [3.63, 3.8) is 0 Å². The van der Waals surface area contributed by atoms with Crippen LogP contribution in [0, 0.1) is 0 Å². The van der Waals surface area contributed by atoms with Gasteiger partial charge >= 0.3 is 0 Å². The smallest absolute Gasteiger partial charge is 0.0474 e. The number of para-hydroxylation sites is 1. The van der Waals surface area contributed by atoms with E-state index in [1.165, 1.54) is 11.3 Å². The van der Waals surface area contributed by atoms with Gasteiger partial charge in [0, 0.05) is 33.0 Å². The average molecular weight is 219 g/mol. The molecule has 0 atom stereocenters. The van der Waals surface area contributed by atoms with Crippen molar-refractivity contribution in [1.29, 1.82) is 0 Å². The van der Waals surface area contributed by atoms with Crippen molar-refractivity contribution >= 4 is 5.69 Å². The molecule has 0 spiro atoms.